The van der Waals surface area contributed by atoms with Crippen molar-refractivity contribution in [3.8, 4) is 0 Å². The molecule has 0 saturated carbocycles. The highest BCUT2D eigenvalue weighted by Crippen LogP contribution is 2.36. The second kappa shape index (κ2) is 2.99. The molecule has 2 heteroatoms. The molecule has 3 rings (SSSR count). The SMILES string of the molecule is C=C1C=CC=C2C3CNCC(C3)CN12. The van der Waals surface area contributed by atoms with Gasteiger partial charge in [-0.05, 0) is 31.0 Å². The third-order valence-electron chi connectivity index (χ3n) is 3.51. The minimum Gasteiger partial charge on any atom is -0.345 e. The fourth-order valence-electron chi connectivity index (χ4n) is 2.84. The summed E-state index contributed by atoms with van der Waals surface area (Å²) >= 11 is 0. The number of piperidine rings is 2. The van der Waals surface area contributed by atoms with Crippen molar-refractivity contribution in [3.05, 3.63) is 36.2 Å². The summed E-state index contributed by atoms with van der Waals surface area (Å²) in [5, 5.41) is 3.51. The summed E-state index contributed by atoms with van der Waals surface area (Å²) in [7, 11) is 0. The summed E-state index contributed by atoms with van der Waals surface area (Å²) in [4.78, 5) is 2.40. The van der Waals surface area contributed by atoms with Gasteiger partial charge in [-0.3, -0.25) is 0 Å². The van der Waals surface area contributed by atoms with Crippen LogP contribution in [-0.2, 0) is 0 Å². The molecular weight excluding hydrogens is 172 g/mol. The van der Waals surface area contributed by atoms with Gasteiger partial charge in [-0.15, -0.1) is 0 Å². The monoisotopic (exact) mass is 188 g/mol. The first kappa shape index (κ1) is 8.30. The van der Waals surface area contributed by atoms with Crippen molar-refractivity contribution in [1.29, 1.82) is 0 Å². The third kappa shape index (κ3) is 1.14. The van der Waals surface area contributed by atoms with E-state index in [4.69, 9.17) is 0 Å². The van der Waals surface area contributed by atoms with Gasteiger partial charge < -0.3 is 10.2 Å². The summed E-state index contributed by atoms with van der Waals surface area (Å²) in [6.45, 7) is 7.57. The van der Waals surface area contributed by atoms with E-state index < -0.39 is 0 Å². The molecule has 0 amide bonds. The van der Waals surface area contributed by atoms with Crippen LogP contribution >= 0.6 is 0 Å². The van der Waals surface area contributed by atoms with E-state index in [0.29, 0.717) is 5.92 Å². The molecule has 0 aromatic rings. The maximum atomic E-state index is 4.10. The van der Waals surface area contributed by atoms with Gasteiger partial charge >= 0.3 is 0 Å². The number of fused-ring (bicyclic) bond motifs is 4. The topological polar surface area (TPSA) is 15.3 Å². The highest BCUT2D eigenvalue weighted by atomic mass is 15.2. The van der Waals surface area contributed by atoms with Gasteiger partial charge in [-0.1, -0.05) is 12.7 Å². The lowest BCUT2D eigenvalue weighted by molar-refractivity contribution is 0.177. The molecule has 3 heterocycles. The van der Waals surface area contributed by atoms with Gasteiger partial charge in [0.2, 0.25) is 0 Å². The Bertz CT molecular complexity index is 327. The average molecular weight is 188 g/mol. The second-order valence-electron chi connectivity index (χ2n) is 4.51. The van der Waals surface area contributed by atoms with Crippen LogP contribution in [0.5, 0.6) is 0 Å². The molecule has 3 aliphatic heterocycles. The van der Waals surface area contributed by atoms with E-state index in [-0.39, 0.29) is 0 Å². The molecule has 74 valence electrons. The van der Waals surface area contributed by atoms with Crippen molar-refractivity contribution < 1.29 is 0 Å². The average Bonchev–Trinajstić information content (AvgIpc) is 2.20. The smallest absolute Gasteiger partial charge is 0.0335 e. The normalized spacial score (nSPS) is 35.3. The zero-order chi connectivity index (χ0) is 9.54. The van der Waals surface area contributed by atoms with Crippen molar-refractivity contribution in [1.82, 2.24) is 10.2 Å². The van der Waals surface area contributed by atoms with Gasteiger partial charge in [-0.25, -0.2) is 0 Å². The minimum absolute atomic E-state index is 0.712. The lowest BCUT2D eigenvalue weighted by Gasteiger charge is -2.45. The van der Waals surface area contributed by atoms with Crippen LogP contribution in [0.2, 0.25) is 0 Å². The Morgan fingerprint density at radius 1 is 1.43 bits per heavy atom. The van der Waals surface area contributed by atoms with Crippen molar-refractivity contribution >= 4 is 0 Å². The lowest BCUT2D eigenvalue weighted by atomic mass is 9.82. The van der Waals surface area contributed by atoms with Gasteiger partial charge in [0, 0.05) is 30.4 Å². The molecule has 2 bridgehead atoms. The first-order valence-corrected chi connectivity index (χ1v) is 5.40. The molecule has 0 aromatic carbocycles. The molecule has 2 atom stereocenters. The minimum atomic E-state index is 0.712. The van der Waals surface area contributed by atoms with E-state index in [1.165, 1.54) is 24.4 Å². The van der Waals surface area contributed by atoms with Crippen LogP contribution in [0.3, 0.4) is 0 Å². The van der Waals surface area contributed by atoms with Gasteiger partial charge in [0.05, 0.1) is 0 Å². The van der Waals surface area contributed by atoms with E-state index in [1.54, 1.807) is 0 Å². The first-order valence-electron chi connectivity index (χ1n) is 5.40. The van der Waals surface area contributed by atoms with Crippen LogP contribution in [0.15, 0.2) is 36.2 Å². The van der Waals surface area contributed by atoms with Crippen LogP contribution < -0.4 is 5.32 Å². The second-order valence-corrected chi connectivity index (χ2v) is 4.51. The van der Waals surface area contributed by atoms with E-state index in [0.717, 1.165) is 19.0 Å². The number of nitrogens with one attached hydrogen (secondary N) is 1. The Morgan fingerprint density at radius 3 is 3.29 bits per heavy atom. The largest absolute Gasteiger partial charge is 0.345 e. The summed E-state index contributed by atoms with van der Waals surface area (Å²) in [5.41, 5.74) is 2.64. The highest BCUT2D eigenvalue weighted by molar-refractivity contribution is 5.33. The number of allylic oxidation sites excluding steroid dienone is 3. The zero-order valence-corrected chi connectivity index (χ0v) is 8.37. The molecule has 0 aliphatic carbocycles. The molecule has 3 aliphatic rings. The Kier molecular flexibility index (Phi) is 1.77. The molecule has 2 nitrogen and oxygen atoms in total. The number of hydrogen-bond donors (Lipinski definition) is 1. The Balaban J connectivity index is 1.95. The summed E-state index contributed by atoms with van der Waals surface area (Å²) in [6.07, 6.45) is 7.85. The maximum Gasteiger partial charge on any atom is 0.0335 e. The van der Waals surface area contributed by atoms with E-state index in [1.807, 2.05) is 0 Å². The molecule has 1 N–H and O–H groups in total. The van der Waals surface area contributed by atoms with Gasteiger partial charge in [0.1, 0.15) is 0 Å². The highest BCUT2D eigenvalue weighted by Gasteiger charge is 2.34. The quantitative estimate of drug-likeness (QED) is 0.619. The fourth-order valence-corrected chi connectivity index (χ4v) is 2.84. The third-order valence-corrected chi connectivity index (χ3v) is 3.51. The zero-order valence-electron chi connectivity index (χ0n) is 8.37. The Morgan fingerprint density at radius 2 is 2.36 bits per heavy atom. The summed E-state index contributed by atoms with van der Waals surface area (Å²) in [5.74, 6) is 1.53. The van der Waals surface area contributed by atoms with E-state index in [2.05, 4.69) is 35.0 Å². The molecule has 0 radical (unpaired) electrons. The van der Waals surface area contributed by atoms with Gasteiger partial charge in [0.25, 0.3) is 0 Å². The molecular formula is C12H16N2. The Labute approximate surface area is 85.0 Å². The van der Waals surface area contributed by atoms with Crippen LogP contribution in [0.1, 0.15) is 6.42 Å². The van der Waals surface area contributed by atoms with E-state index in [9.17, 15) is 0 Å². The van der Waals surface area contributed by atoms with Crippen molar-refractivity contribution in [2.45, 2.75) is 6.42 Å². The van der Waals surface area contributed by atoms with Crippen molar-refractivity contribution in [2.24, 2.45) is 11.8 Å². The van der Waals surface area contributed by atoms with Gasteiger partial charge in [-0.2, -0.15) is 0 Å². The molecule has 14 heavy (non-hydrogen) atoms. The first-order chi connectivity index (χ1) is 6.84. The summed E-state index contributed by atoms with van der Waals surface area (Å²) in [6, 6.07) is 0. The lowest BCUT2D eigenvalue weighted by Crippen LogP contribution is -2.49. The Hall–Kier alpha value is -1.02. The predicted molar refractivity (Wildman–Crippen MR) is 57.5 cm³/mol. The molecule has 2 unspecified atom stereocenters. The van der Waals surface area contributed by atoms with Crippen LogP contribution in [0.4, 0.5) is 0 Å². The van der Waals surface area contributed by atoms with Crippen molar-refractivity contribution in [2.75, 3.05) is 19.6 Å². The van der Waals surface area contributed by atoms with Crippen LogP contribution in [0, 0.1) is 11.8 Å². The van der Waals surface area contributed by atoms with Crippen LogP contribution in [-0.4, -0.2) is 24.5 Å². The number of nitrogens with zero attached hydrogens (tertiary/aromatic N) is 1. The predicted octanol–water partition coefficient (Wildman–Crippen LogP) is 1.50. The molecule has 0 aromatic heterocycles. The number of hydrogen-bond acceptors (Lipinski definition) is 2. The molecule has 2 saturated heterocycles. The fraction of sp³-hybridized carbons (Fsp3) is 0.500. The van der Waals surface area contributed by atoms with Crippen molar-refractivity contribution in [3.63, 3.8) is 0 Å². The molecule has 2 fully saturated rings. The molecule has 0 spiro atoms. The van der Waals surface area contributed by atoms with Gasteiger partial charge in [0.15, 0.2) is 0 Å². The summed E-state index contributed by atoms with van der Waals surface area (Å²) < 4.78 is 0. The van der Waals surface area contributed by atoms with E-state index >= 15 is 0 Å². The maximum absolute atomic E-state index is 4.10. The van der Waals surface area contributed by atoms with Crippen LogP contribution in [0.25, 0.3) is 0 Å². The standard InChI is InChI=1S/C12H16N2/c1-9-3-2-4-12-11-5-10(6-13-7-11)8-14(9)12/h2-4,10-11,13H,1,5-8H2. The number of rotatable bonds is 0.